The summed E-state index contributed by atoms with van der Waals surface area (Å²) in [5, 5.41) is 0. The lowest BCUT2D eigenvalue weighted by atomic mass is 10.0. The third kappa shape index (κ3) is 4.51. The third-order valence-electron chi connectivity index (χ3n) is 3.26. The van der Waals surface area contributed by atoms with Gasteiger partial charge in [0.15, 0.2) is 0 Å². The smallest absolute Gasteiger partial charge is 0.370 e. The first-order chi connectivity index (χ1) is 8.94. The van der Waals surface area contributed by atoms with Crippen LogP contribution in [0.1, 0.15) is 23.1 Å². The van der Waals surface area contributed by atoms with Crippen molar-refractivity contribution in [2.75, 3.05) is 13.2 Å². The fourth-order valence-corrected chi connectivity index (χ4v) is 2.44. The molecule has 1 atom stereocenters. The molecule has 0 saturated carbocycles. The molecule has 0 radical (unpaired) electrons. The van der Waals surface area contributed by atoms with Crippen molar-refractivity contribution < 1.29 is 17.9 Å². The Morgan fingerprint density at radius 3 is 2.68 bits per heavy atom. The number of hydrogen-bond acceptors (Lipinski definition) is 2. The standard InChI is InChI=1S/C14H18F3NO/c15-14(16,17)9-19-8-13(18)7-10-4-5-11-2-1-3-12(11)6-10/h4-6,13H,1-3,7-9,18H2. The molecule has 1 aliphatic carbocycles. The van der Waals surface area contributed by atoms with Gasteiger partial charge >= 0.3 is 6.18 Å². The number of ether oxygens (including phenoxy) is 1. The molecule has 0 aliphatic heterocycles. The minimum Gasteiger partial charge on any atom is -0.370 e. The van der Waals surface area contributed by atoms with Crippen molar-refractivity contribution in [3.8, 4) is 0 Å². The van der Waals surface area contributed by atoms with Gasteiger partial charge in [0.05, 0.1) is 6.61 Å². The van der Waals surface area contributed by atoms with Gasteiger partial charge in [0, 0.05) is 6.04 Å². The van der Waals surface area contributed by atoms with Gasteiger partial charge in [0.2, 0.25) is 0 Å². The molecule has 2 nitrogen and oxygen atoms in total. The minimum atomic E-state index is -4.28. The molecule has 19 heavy (non-hydrogen) atoms. The highest BCUT2D eigenvalue weighted by Gasteiger charge is 2.27. The van der Waals surface area contributed by atoms with Crippen LogP contribution in [0.5, 0.6) is 0 Å². The molecule has 0 aromatic heterocycles. The molecule has 1 aliphatic rings. The number of fused-ring (bicyclic) bond motifs is 1. The summed E-state index contributed by atoms with van der Waals surface area (Å²) in [5.41, 5.74) is 9.59. The number of alkyl halides is 3. The van der Waals surface area contributed by atoms with Crippen LogP contribution in [0.3, 0.4) is 0 Å². The first-order valence-electron chi connectivity index (χ1n) is 6.45. The van der Waals surface area contributed by atoms with E-state index < -0.39 is 18.8 Å². The normalized spacial score (nSPS) is 16.4. The van der Waals surface area contributed by atoms with Crippen LogP contribution < -0.4 is 5.73 Å². The number of nitrogens with two attached hydrogens (primary N) is 1. The zero-order chi connectivity index (χ0) is 13.9. The van der Waals surface area contributed by atoms with Crippen molar-refractivity contribution in [1.29, 1.82) is 0 Å². The zero-order valence-electron chi connectivity index (χ0n) is 10.7. The second-order valence-corrected chi connectivity index (χ2v) is 5.05. The lowest BCUT2D eigenvalue weighted by Crippen LogP contribution is -2.31. The molecule has 106 valence electrons. The lowest BCUT2D eigenvalue weighted by molar-refractivity contribution is -0.174. The molecule has 0 bridgehead atoms. The maximum atomic E-state index is 11.9. The van der Waals surface area contributed by atoms with Crippen molar-refractivity contribution in [3.63, 3.8) is 0 Å². The third-order valence-corrected chi connectivity index (χ3v) is 3.26. The molecule has 0 saturated heterocycles. The maximum absolute atomic E-state index is 11.9. The summed E-state index contributed by atoms with van der Waals surface area (Å²) in [4.78, 5) is 0. The Labute approximate surface area is 110 Å². The maximum Gasteiger partial charge on any atom is 0.411 e. The average molecular weight is 273 g/mol. The minimum absolute atomic E-state index is 0.0728. The highest BCUT2D eigenvalue weighted by Crippen LogP contribution is 2.23. The van der Waals surface area contributed by atoms with Gasteiger partial charge in [-0.15, -0.1) is 0 Å². The van der Waals surface area contributed by atoms with Crippen LogP contribution in [-0.4, -0.2) is 25.4 Å². The molecule has 1 aromatic carbocycles. The van der Waals surface area contributed by atoms with Crippen molar-refractivity contribution >= 4 is 0 Å². The Balaban J connectivity index is 1.80. The van der Waals surface area contributed by atoms with E-state index in [1.54, 1.807) is 0 Å². The van der Waals surface area contributed by atoms with E-state index >= 15 is 0 Å². The zero-order valence-corrected chi connectivity index (χ0v) is 10.7. The molecule has 0 amide bonds. The summed E-state index contributed by atoms with van der Waals surface area (Å²) in [6.07, 6.45) is -0.350. The highest BCUT2D eigenvalue weighted by atomic mass is 19.4. The SMILES string of the molecule is NC(COCC(F)(F)F)Cc1ccc2c(c1)CCC2. The van der Waals surface area contributed by atoms with E-state index in [1.165, 1.54) is 17.5 Å². The fraction of sp³-hybridized carbons (Fsp3) is 0.571. The van der Waals surface area contributed by atoms with E-state index in [0.717, 1.165) is 18.4 Å². The molecule has 2 N–H and O–H groups in total. The Hall–Kier alpha value is -1.07. The monoisotopic (exact) mass is 273 g/mol. The molecular formula is C14H18F3NO. The molecule has 0 fully saturated rings. The van der Waals surface area contributed by atoms with Gasteiger partial charge < -0.3 is 10.5 Å². The summed E-state index contributed by atoms with van der Waals surface area (Å²) < 4.78 is 40.3. The molecular weight excluding hydrogens is 255 g/mol. The van der Waals surface area contributed by atoms with Gasteiger partial charge in [-0.25, -0.2) is 0 Å². The molecule has 5 heteroatoms. The molecule has 1 unspecified atom stereocenters. The molecule has 2 rings (SSSR count). The highest BCUT2D eigenvalue weighted by molar-refractivity contribution is 5.35. The summed E-state index contributed by atoms with van der Waals surface area (Å²) in [6, 6.07) is 5.82. The molecule has 0 heterocycles. The van der Waals surface area contributed by atoms with E-state index in [4.69, 9.17) is 5.73 Å². The summed E-state index contributed by atoms with van der Waals surface area (Å²) >= 11 is 0. The van der Waals surface area contributed by atoms with Crippen LogP contribution in [0, 0.1) is 0 Å². The fourth-order valence-electron chi connectivity index (χ4n) is 2.44. The molecule has 1 aromatic rings. The van der Waals surface area contributed by atoms with Crippen LogP contribution >= 0.6 is 0 Å². The molecule has 0 spiro atoms. The van der Waals surface area contributed by atoms with E-state index in [0.29, 0.717) is 6.42 Å². The van der Waals surface area contributed by atoms with Gasteiger partial charge in [-0.05, 0) is 42.4 Å². The average Bonchev–Trinajstić information content (AvgIpc) is 2.74. The van der Waals surface area contributed by atoms with Gasteiger partial charge in [-0.3, -0.25) is 0 Å². The van der Waals surface area contributed by atoms with Gasteiger partial charge in [0.1, 0.15) is 6.61 Å². The second-order valence-electron chi connectivity index (χ2n) is 5.05. The van der Waals surface area contributed by atoms with E-state index in [2.05, 4.69) is 16.9 Å². The van der Waals surface area contributed by atoms with E-state index in [-0.39, 0.29) is 6.61 Å². The topological polar surface area (TPSA) is 35.2 Å². The van der Waals surface area contributed by atoms with Crippen molar-refractivity contribution in [3.05, 3.63) is 34.9 Å². The van der Waals surface area contributed by atoms with Crippen LogP contribution in [0.2, 0.25) is 0 Å². The Kier molecular flexibility index (Phi) is 4.47. The van der Waals surface area contributed by atoms with Crippen LogP contribution in [0.15, 0.2) is 18.2 Å². The first-order valence-corrected chi connectivity index (χ1v) is 6.45. The Morgan fingerprint density at radius 1 is 1.21 bits per heavy atom. The largest absolute Gasteiger partial charge is 0.411 e. The predicted octanol–water partition coefficient (Wildman–Crippen LogP) is 2.62. The lowest BCUT2D eigenvalue weighted by Gasteiger charge is -2.14. The Morgan fingerprint density at radius 2 is 1.95 bits per heavy atom. The van der Waals surface area contributed by atoms with Crippen LogP contribution in [0.4, 0.5) is 13.2 Å². The van der Waals surface area contributed by atoms with Crippen LogP contribution in [-0.2, 0) is 24.0 Å². The number of hydrogen-bond donors (Lipinski definition) is 1. The number of rotatable bonds is 5. The number of halogens is 3. The second kappa shape index (κ2) is 5.92. The summed E-state index contributed by atoms with van der Waals surface area (Å²) in [6.45, 7) is -1.30. The van der Waals surface area contributed by atoms with Gasteiger partial charge in [0.25, 0.3) is 0 Å². The Bertz CT molecular complexity index is 431. The van der Waals surface area contributed by atoms with E-state index in [9.17, 15) is 13.2 Å². The van der Waals surface area contributed by atoms with Gasteiger partial charge in [-0.2, -0.15) is 13.2 Å². The van der Waals surface area contributed by atoms with E-state index in [1.807, 2.05) is 6.07 Å². The van der Waals surface area contributed by atoms with Crippen molar-refractivity contribution in [2.45, 2.75) is 37.9 Å². The quantitative estimate of drug-likeness (QED) is 0.895. The number of benzene rings is 1. The van der Waals surface area contributed by atoms with Gasteiger partial charge in [-0.1, -0.05) is 18.2 Å². The first kappa shape index (κ1) is 14.3. The predicted molar refractivity (Wildman–Crippen MR) is 67.0 cm³/mol. The summed E-state index contributed by atoms with van der Waals surface area (Å²) in [7, 11) is 0. The van der Waals surface area contributed by atoms with Crippen molar-refractivity contribution in [2.24, 2.45) is 5.73 Å². The number of aryl methyl sites for hydroxylation is 2. The van der Waals surface area contributed by atoms with Crippen LogP contribution in [0.25, 0.3) is 0 Å². The summed E-state index contributed by atoms with van der Waals surface area (Å²) in [5.74, 6) is 0. The van der Waals surface area contributed by atoms with Crippen molar-refractivity contribution in [1.82, 2.24) is 0 Å².